The molecule has 0 saturated carbocycles. The van der Waals surface area contributed by atoms with Crippen LogP contribution >= 0.6 is 12.2 Å². The van der Waals surface area contributed by atoms with Crippen LogP contribution < -0.4 is 16.4 Å². The van der Waals surface area contributed by atoms with E-state index in [1.54, 1.807) is 6.20 Å². The van der Waals surface area contributed by atoms with E-state index in [0.29, 0.717) is 10.7 Å². The van der Waals surface area contributed by atoms with Crippen LogP contribution in [0, 0.1) is 5.92 Å². The molecule has 0 atom stereocenters. The first-order chi connectivity index (χ1) is 8.58. The van der Waals surface area contributed by atoms with Crippen molar-refractivity contribution >= 4 is 28.8 Å². The quantitative estimate of drug-likeness (QED) is 0.773. The molecule has 1 amide bonds. The number of piperidine rings is 1. The van der Waals surface area contributed by atoms with Crippen molar-refractivity contribution in [2.45, 2.75) is 12.8 Å². The lowest BCUT2D eigenvalue weighted by Gasteiger charge is -2.32. The van der Waals surface area contributed by atoms with Crippen molar-refractivity contribution in [1.82, 2.24) is 4.98 Å². The molecule has 1 aliphatic heterocycles. The third kappa shape index (κ3) is 2.76. The molecule has 1 fully saturated rings. The van der Waals surface area contributed by atoms with Crippen LogP contribution in [0.3, 0.4) is 0 Å². The first kappa shape index (κ1) is 12.8. The van der Waals surface area contributed by atoms with E-state index in [-0.39, 0.29) is 11.8 Å². The van der Waals surface area contributed by atoms with Gasteiger partial charge in [0.15, 0.2) is 0 Å². The molecule has 1 aliphatic rings. The van der Waals surface area contributed by atoms with Gasteiger partial charge in [0.2, 0.25) is 5.91 Å². The molecule has 4 N–H and O–H groups in total. The number of amides is 1. The van der Waals surface area contributed by atoms with Gasteiger partial charge in [0.25, 0.3) is 0 Å². The Labute approximate surface area is 111 Å². The van der Waals surface area contributed by atoms with Crippen molar-refractivity contribution in [3.8, 4) is 0 Å². The predicted molar refractivity (Wildman–Crippen MR) is 74.3 cm³/mol. The zero-order chi connectivity index (χ0) is 13.1. The van der Waals surface area contributed by atoms with Crippen LogP contribution in [0.2, 0.25) is 0 Å². The minimum absolute atomic E-state index is 0.00472. The van der Waals surface area contributed by atoms with Crippen molar-refractivity contribution < 1.29 is 4.79 Å². The van der Waals surface area contributed by atoms with Gasteiger partial charge in [-0.25, -0.2) is 0 Å². The molecule has 0 aromatic carbocycles. The molecule has 0 aliphatic carbocycles. The Hall–Kier alpha value is -1.69. The normalized spacial score (nSPS) is 16.6. The monoisotopic (exact) mass is 264 g/mol. The van der Waals surface area contributed by atoms with Crippen molar-refractivity contribution in [2.24, 2.45) is 17.4 Å². The Morgan fingerprint density at radius 2 is 2.00 bits per heavy atom. The van der Waals surface area contributed by atoms with Crippen molar-refractivity contribution in [3.05, 3.63) is 24.0 Å². The van der Waals surface area contributed by atoms with E-state index in [2.05, 4.69) is 9.88 Å². The van der Waals surface area contributed by atoms with Crippen LogP contribution in [-0.2, 0) is 4.79 Å². The average molecular weight is 264 g/mol. The molecule has 2 heterocycles. The Morgan fingerprint density at radius 1 is 1.33 bits per heavy atom. The molecule has 18 heavy (non-hydrogen) atoms. The van der Waals surface area contributed by atoms with Gasteiger partial charge in [-0.1, -0.05) is 12.2 Å². The second-order valence-corrected chi connectivity index (χ2v) is 4.87. The molecular weight excluding hydrogens is 248 g/mol. The number of hydrogen-bond acceptors (Lipinski definition) is 4. The zero-order valence-electron chi connectivity index (χ0n) is 10.0. The lowest BCUT2D eigenvalue weighted by Crippen LogP contribution is -2.38. The van der Waals surface area contributed by atoms with Crippen LogP contribution in [0.15, 0.2) is 18.3 Å². The number of thiocarbonyl (C=S) groups is 1. The summed E-state index contributed by atoms with van der Waals surface area (Å²) in [5, 5.41) is 0. The number of carbonyl (C=O) groups is 1. The number of nitrogens with two attached hydrogens (primary N) is 2. The molecule has 6 heteroatoms. The fourth-order valence-corrected chi connectivity index (χ4v) is 2.26. The topological polar surface area (TPSA) is 85.2 Å². The van der Waals surface area contributed by atoms with E-state index in [1.807, 2.05) is 12.1 Å². The molecule has 5 nitrogen and oxygen atoms in total. The highest BCUT2D eigenvalue weighted by Gasteiger charge is 2.23. The second kappa shape index (κ2) is 5.30. The number of carbonyl (C=O) groups excluding carboxylic acids is 1. The summed E-state index contributed by atoms with van der Waals surface area (Å²) in [7, 11) is 0. The van der Waals surface area contributed by atoms with E-state index in [9.17, 15) is 4.79 Å². The summed E-state index contributed by atoms with van der Waals surface area (Å²) in [4.78, 5) is 17.8. The average Bonchev–Trinajstić information content (AvgIpc) is 2.39. The van der Waals surface area contributed by atoms with E-state index in [0.717, 1.165) is 31.6 Å². The highest BCUT2D eigenvalue weighted by Crippen LogP contribution is 2.22. The fourth-order valence-electron chi connectivity index (χ4n) is 2.14. The molecule has 1 saturated heterocycles. The number of anilines is 1. The van der Waals surface area contributed by atoms with E-state index in [1.165, 1.54) is 0 Å². The highest BCUT2D eigenvalue weighted by molar-refractivity contribution is 7.80. The van der Waals surface area contributed by atoms with Gasteiger partial charge >= 0.3 is 0 Å². The van der Waals surface area contributed by atoms with E-state index >= 15 is 0 Å². The van der Waals surface area contributed by atoms with E-state index in [4.69, 9.17) is 23.7 Å². The lowest BCUT2D eigenvalue weighted by atomic mass is 9.96. The first-order valence-corrected chi connectivity index (χ1v) is 6.29. The number of hydrogen-bond donors (Lipinski definition) is 2. The minimum Gasteiger partial charge on any atom is -0.388 e. The van der Waals surface area contributed by atoms with Crippen molar-refractivity contribution in [2.75, 3.05) is 18.0 Å². The summed E-state index contributed by atoms with van der Waals surface area (Å²) in [6.07, 6.45) is 3.36. The fraction of sp³-hybridized carbons (Fsp3) is 0.417. The van der Waals surface area contributed by atoms with E-state index < -0.39 is 0 Å². The predicted octanol–water partition coefficient (Wildman–Crippen LogP) is 0.417. The van der Waals surface area contributed by atoms with Crippen LogP contribution in [0.4, 0.5) is 5.69 Å². The minimum atomic E-state index is -0.198. The summed E-state index contributed by atoms with van der Waals surface area (Å²) in [6.45, 7) is 1.64. The van der Waals surface area contributed by atoms with Gasteiger partial charge in [0.1, 0.15) is 4.99 Å². The summed E-state index contributed by atoms with van der Waals surface area (Å²) in [6, 6.07) is 3.77. The number of pyridine rings is 1. The molecule has 0 spiro atoms. The smallest absolute Gasteiger partial charge is 0.220 e. The molecule has 0 radical (unpaired) electrons. The molecule has 2 rings (SSSR count). The molecular formula is C12H16N4OS. The van der Waals surface area contributed by atoms with Crippen LogP contribution in [0.25, 0.3) is 0 Å². The maximum Gasteiger partial charge on any atom is 0.220 e. The zero-order valence-corrected chi connectivity index (χ0v) is 10.8. The standard InChI is InChI=1S/C12H16N4OS/c13-11(17)8-3-5-16(6-4-8)9-1-2-10(12(14)18)15-7-9/h1-2,7-8H,3-6H2,(H2,13,17)(H2,14,18). The maximum atomic E-state index is 11.1. The number of rotatable bonds is 3. The van der Waals surface area contributed by atoms with Crippen molar-refractivity contribution in [1.29, 1.82) is 0 Å². The van der Waals surface area contributed by atoms with Gasteiger partial charge in [-0.3, -0.25) is 9.78 Å². The highest BCUT2D eigenvalue weighted by atomic mass is 32.1. The summed E-state index contributed by atoms with van der Waals surface area (Å²) < 4.78 is 0. The van der Waals surface area contributed by atoms with Gasteiger partial charge in [-0.2, -0.15) is 0 Å². The summed E-state index contributed by atoms with van der Waals surface area (Å²) >= 11 is 4.86. The Morgan fingerprint density at radius 3 is 2.44 bits per heavy atom. The van der Waals surface area contributed by atoms with Crippen molar-refractivity contribution in [3.63, 3.8) is 0 Å². The third-order valence-corrected chi connectivity index (χ3v) is 3.47. The number of primary amides is 1. The lowest BCUT2D eigenvalue weighted by molar-refractivity contribution is -0.122. The summed E-state index contributed by atoms with van der Waals surface area (Å²) in [5.41, 5.74) is 12.5. The Kier molecular flexibility index (Phi) is 3.76. The summed E-state index contributed by atoms with van der Waals surface area (Å²) in [5.74, 6) is -0.193. The molecule has 0 unspecified atom stereocenters. The number of aromatic nitrogens is 1. The Balaban J connectivity index is 2.01. The van der Waals surface area contributed by atoms with Gasteiger partial charge < -0.3 is 16.4 Å². The van der Waals surface area contributed by atoms with Crippen LogP contribution in [-0.4, -0.2) is 29.0 Å². The van der Waals surface area contributed by atoms with Gasteiger partial charge in [0.05, 0.1) is 17.6 Å². The van der Waals surface area contributed by atoms with Crippen LogP contribution in [0.1, 0.15) is 18.5 Å². The third-order valence-electron chi connectivity index (χ3n) is 3.26. The molecule has 1 aromatic rings. The molecule has 1 aromatic heterocycles. The van der Waals surface area contributed by atoms with Gasteiger partial charge in [-0.15, -0.1) is 0 Å². The molecule has 0 bridgehead atoms. The molecule has 96 valence electrons. The van der Waals surface area contributed by atoms with Crippen LogP contribution in [0.5, 0.6) is 0 Å². The number of nitrogens with zero attached hydrogens (tertiary/aromatic N) is 2. The second-order valence-electron chi connectivity index (χ2n) is 4.43. The van der Waals surface area contributed by atoms with Gasteiger partial charge in [-0.05, 0) is 25.0 Å². The van der Waals surface area contributed by atoms with Gasteiger partial charge in [0, 0.05) is 19.0 Å². The SMILES string of the molecule is NC(=O)C1CCN(c2ccc(C(N)=S)nc2)CC1. The largest absolute Gasteiger partial charge is 0.388 e. The first-order valence-electron chi connectivity index (χ1n) is 5.88. The maximum absolute atomic E-state index is 11.1. The Bertz CT molecular complexity index is 452.